The van der Waals surface area contributed by atoms with Gasteiger partial charge in [0.25, 0.3) is 0 Å². The van der Waals surface area contributed by atoms with Gasteiger partial charge in [0.1, 0.15) is 11.6 Å². The predicted molar refractivity (Wildman–Crippen MR) is 81.1 cm³/mol. The van der Waals surface area contributed by atoms with Crippen LogP contribution in [-0.4, -0.2) is 9.97 Å². The number of anilines is 2. The number of hydrazine groups is 1. The predicted octanol–water partition coefficient (Wildman–Crippen LogP) is 2.67. The summed E-state index contributed by atoms with van der Waals surface area (Å²) in [6.07, 6.45) is 0. The topological polar surface area (TPSA) is 75.9 Å². The Bertz CT molecular complexity index is 775. The molecule has 1 aromatic heterocycles. The third-order valence-corrected chi connectivity index (χ3v) is 3.14. The van der Waals surface area contributed by atoms with Gasteiger partial charge in [0.15, 0.2) is 0 Å². The number of nitrogens with two attached hydrogens (primary N) is 1. The fourth-order valence-electron chi connectivity index (χ4n) is 2.10. The monoisotopic (exact) mass is 283 g/mol. The zero-order valence-electron chi connectivity index (χ0n) is 11.2. The molecule has 6 heteroatoms. The zero-order valence-corrected chi connectivity index (χ0v) is 11.2. The van der Waals surface area contributed by atoms with Crippen molar-refractivity contribution in [1.82, 2.24) is 9.97 Å². The lowest BCUT2D eigenvalue weighted by Gasteiger charge is -2.11. The average molecular weight is 283 g/mol. The number of hydrogen-bond acceptors (Lipinski definition) is 5. The molecule has 0 atom stereocenters. The minimum absolute atomic E-state index is 0.250. The number of fused-ring (bicyclic) bond motifs is 1. The lowest BCUT2D eigenvalue weighted by molar-refractivity contribution is 0.613. The summed E-state index contributed by atoms with van der Waals surface area (Å²) < 4.78 is 13.6. The highest BCUT2D eigenvalue weighted by Crippen LogP contribution is 2.22. The van der Waals surface area contributed by atoms with E-state index in [9.17, 15) is 4.39 Å². The highest BCUT2D eigenvalue weighted by atomic mass is 19.1. The molecule has 0 unspecified atom stereocenters. The molecule has 0 spiro atoms. The van der Waals surface area contributed by atoms with E-state index in [0.29, 0.717) is 23.9 Å². The summed E-state index contributed by atoms with van der Waals surface area (Å²) in [5, 5.41) is 3.99. The minimum atomic E-state index is -0.250. The quantitative estimate of drug-likeness (QED) is 0.507. The highest BCUT2D eigenvalue weighted by molar-refractivity contribution is 5.89. The highest BCUT2D eigenvalue weighted by Gasteiger charge is 2.07. The smallest absolute Gasteiger partial charge is 0.239 e. The van der Waals surface area contributed by atoms with E-state index < -0.39 is 0 Å². The summed E-state index contributed by atoms with van der Waals surface area (Å²) in [4.78, 5) is 8.55. The van der Waals surface area contributed by atoms with Crippen LogP contribution in [0, 0.1) is 5.82 Å². The number of rotatable bonds is 4. The number of para-hydroxylation sites is 1. The van der Waals surface area contributed by atoms with Crippen molar-refractivity contribution < 1.29 is 4.39 Å². The third kappa shape index (κ3) is 2.75. The molecular formula is C15H14FN5. The summed E-state index contributed by atoms with van der Waals surface area (Å²) in [7, 11) is 0. The largest absolute Gasteiger partial charge is 0.365 e. The van der Waals surface area contributed by atoms with Crippen LogP contribution < -0.4 is 16.6 Å². The van der Waals surface area contributed by atoms with Crippen LogP contribution >= 0.6 is 0 Å². The van der Waals surface area contributed by atoms with Gasteiger partial charge in [-0.1, -0.05) is 30.3 Å². The molecule has 0 aliphatic rings. The zero-order chi connectivity index (χ0) is 14.7. The van der Waals surface area contributed by atoms with Gasteiger partial charge in [-0.05, 0) is 18.2 Å². The minimum Gasteiger partial charge on any atom is -0.365 e. The molecule has 0 radical (unpaired) electrons. The second kappa shape index (κ2) is 5.72. The Morgan fingerprint density at radius 2 is 1.76 bits per heavy atom. The molecule has 106 valence electrons. The maximum Gasteiger partial charge on any atom is 0.239 e. The van der Waals surface area contributed by atoms with Crippen molar-refractivity contribution in [3.63, 3.8) is 0 Å². The van der Waals surface area contributed by atoms with E-state index in [4.69, 9.17) is 5.84 Å². The average Bonchev–Trinajstić information content (AvgIpc) is 2.53. The number of aromatic nitrogens is 2. The van der Waals surface area contributed by atoms with Gasteiger partial charge >= 0.3 is 0 Å². The van der Waals surface area contributed by atoms with Crippen LogP contribution in [0.4, 0.5) is 16.2 Å². The van der Waals surface area contributed by atoms with Crippen molar-refractivity contribution in [3.05, 3.63) is 59.9 Å². The molecule has 21 heavy (non-hydrogen) atoms. The summed E-state index contributed by atoms with van der Waals surface area (Å²) in [5.74, 6) is 6.05. The van der Waals surface area contributed by atoms with Crippen molar-refractivity contribution in [1.29, 1.82) is 0 Å². The van der Waals surface area contributed by atoms with Crippen molar-refractivity contribution in [2.45, 2.75) is 6.54 Å². The van der Waals surface area contributed by atoms with Gasteiger partial charge < -0.3 is 5.32 Å². The second-order valence-corrected chi connectivity index (χ2v) is 4.50. The van der Waals surface area contributed by atoms with Gasteiger partial charge in [-0.25, -0.2) is 15.2 Å². The first-order valence-electron chi connectivity index (χ1n) is 6.48. The second-order valence-electron chi connectivity index (χ2n) is 4.50. The molecule has 0 fully saturated rings. The summed E-state index contributed by atoms with van der Waals surface area (Å²) in [6.45, 7) is 0.331. The van der Waals surface area contributed by atoms with Crippen LogP contribution in [0.3, 0.4) is 0 Å². The van der Waals surface area contributed by atoms with E-state index in [0.717, 1.165) is 10.9 Å². The fraction of sp³-hybridized carbons (Fsp3) is 0.0667. The van der Waals surface area contributed by atoms with Crippen LogP contribution in [0.25, 0.3) is 10.9 Å². The van der Waals surface area contributed by atoms with Crippen LogP contribution in [0.5, 0.6) is 0 Å². The van der Waals surface area contributed by atoms with Crippen LogP contribution in [0.15, 0.2) is 48.5 Å². The molecule has 4 N–H and O–H groups in total. The third-order valence-electron chi connectivity index (χ3n) is 3.14. The Kier molecular flexibility index (Phi) is 3.61. The summed E-state index contributed by atoms with van der Waals surface area (Å²) in [6, 6.07) is 14.2. The molecule has 5 nitrogen and oxygen atoms in total. The van der Waals surface area contributed by atoms with E-state index in [1.807, 2.05) is 24.3 Å². The molecule has 0 bridgehead atoms. The number of nitrogens with zero attached hydrogens (tertiary/aromatic N) is 2. The van der Waals surface area contributed by atoms with E-state index in [1.165, 1.54) is 6.07 Å². The molecular weight excluding hydrogens is 269 g/mol. The molecule has 3 rings (SSSR count). The van der Waals surface area contributed by atoms with Crippen molar-refractivity contribution >= 4 is 22.7 Å². The molecule has 3 aromatic rings. The number of benzene rings is 2. The van der Waals surface area contributed by atoms with Crippen LogP contribution in [0.1, 0.15) is 5.56 Å². The maximum atomic E-state index is 13.6. The lowest BCUT2D eigenvalue weighted by atomic mass is 10.2. The summed E-state index contributed by atoms with van der Waals surface area (Å²) in [5.41, 5.74) is 3.77. The van der Waals surface area contributed by atoms with Gasteiger partial charge in [0, 0.05) is 17.5 Å². The Morgan fingerprint density at radius 3 is 2.57 bits per heavy atom. The standard InChI is InChI=1S/C15H14FN5/c16-12-7-3-1-5-10(12)9-18-14-11-6-2-4-8-13(11)19-15(20-14)21-17/h1-8H,9,17H2,(H2,18,19,20,21). The molecule has 0 aliphatic heterocycles. The number of nitrogens with one attached hydrogen (secondary N) is 2. The van der Waals surface area contributed by atoms with E-state index in [-0.39, 0.29) is 5.82 Å². The van der Waals surface area contributed by atoms with Crippen molar-refractivity contribution in [2.75, 3.05) is 10.7 Å². The Morgan fingerprint density at radius 1 is 1.00 bits per heavy atom. The normalized spacial score (nSPS) is 10.6. The fourth-order valence-corrected chi connectivity index (χ4v) is 2.10. The SMILES string of the molecule is NNc1nc(NCc2ccccc2F)c2ccccc2n1. The van der Waals surface area contributed by atoms with Gasteiger partial charge in [0.05, 0.1) is 5.52 Å². The van der Waals surface area contributed by atoms with Crippen LogP contribution in [-0.2, 0) is 6.54 Å². The molecule has 0 saturated heterocycles. The molecule has 0 saturated carbocycles. The van der Waals surface area contributed by atoms with Crippen molar-refractivity contribution in [3.8, 4) is 0 Å². The Hall–Kier alpha value is -2.73. The summed E-state index contributed by atoms with van der Waals surface area (Å²) >= 11 is 0. The number of hydrogen-bond donors (Lipinski definition) is 3. The Labute approximate surface area is 121 Å². The van der Waals surface area contributed by atoms with Gasteiger partial charge in [-0.3, -0.25) is 5.43 Å². The van der Waals surface area contributed by atoms with E-state index >= 15 is 0 Å². The molecule has 1 heterocycles. The number of halogens is 1. The first-order valence-corrected chi connectivity index (χ1v) is 6.48. The van der Waals surface area contributed by atoms with Crippen molar-refractivity contribution in [2.24, 2.45) is 5.84 Å². The van der Waals surface area contributed by atoms with Gasteiger partial charge in [-0.15, -0.1) is 0 Å². The first kappa shape index (κ1) is 13.3. The Balaban J connectivity index is 1.94. The van der Waals surface area contributed by atoms with Gasteiger partial charge in [-0.2, -0.15) is 4.98 Å². The first-order chi connectivity index (χ1) is 10.3. The van der Waals surface area contributed by atoms with E-state index in [1.54, 1.807) is 18.2 Å². The molecule has 2 aromatic carbocycles. The van der Waals surface area contributed by atoms with Gasteiger partial charge in [0.2, 0.25) is 5.95 Å². The molecule has 0 aliphatic carbocycles. The van der Waals surface area contributed by atoms with E-state index in [2.05, 4.69) is 20.7 Å². The lowest BCUT2D eigenvalue weighted by Crippen LogP contribution is -2.12. The molecule has 0 amide bonds. The van der Waals surface area contributed by atoms with Crippen LogP contribution in [0.2, 0.25) is 0 Å². The number of nitrogen functional groups attached to an aromatic ring is 1. The maximum absolute atomic E-state index is 13.6.